The summed E-state index contributed by atoms with van der Waals surface area (Å²) in [5, 5.41) is 21.2. The largest absolute Gasteiger partial charge is 0.456 e. The highest BCUT2D eigenvalue weighted by atomic mass is 32.2. The zero-order chi connectivity index (χ0) is 20.4. The summed E-state index contributed by atoms with van der Waals surface area (Å²) in [6, 6.07) is 15.9. The Hall–Kier alpha value is -3.90. The minimum Gasteiger partial charge on any atom is -0.456 e. The van der Waals surface area contributed by atoms with Crippen LogP contribution in [0, 0.1) is 27.3 Å². The van der Waals surface area contributed by atoms with Gasteiger partial charge >= 0.3 is 0 Å². The molecule has 2 heterocycles. The second kappa shape index (κ2) is 7.61. The van der Waals surface area contributed by atoms with Crippen molar-refractivity contribution in [2.45, 2.75) is 5.16 Å². The van der Waals surface area contributed by atoms with Gasteiger partial charge in [-0.3, -0.25) is 10.1 Å². The van der Waals surface area contributed by atoms with Crippen LogP contribution in [0.4, 0.5) is 10.1 Å². The summed E-state index contributed by atoms with van der Waals surface area (Å²) < 4.78 is 19.0. The number of fused-ring (bicyclic) bond motifs is 1. The predicted molar refractivity (Wildman–Crippen MR) is 106 cm³/mol. The lowest BCUT2D eigenvalue weighted by Crippen LogP contribution is -1.92. The number of thioether (sulfide) groups is 1. The zero-order valence-corrected chi connectivity index (χ0v) is 15.4. The number of hydrogen-bond acceptors (Lipinski definition) is 6. The van der Waals surface area contributed by atoms with Crippen molar-refractivity contribution in [2.24, 2.45) is 0 Å². The van der Waals surface area contributed by atoms with E-state index in [9.17, 15) is 19.8 Å². The highest BCUT2D eigenvalue weighted by Crippen LogP contribution is 2.33. The first kappa shape index (κ1) is 18.5. The molecule has 0 aliphatic carbocycles. The normalized spacial score (nSPS) is 11.5. The summed E-state index contributed by atoms with van der Waals surface area (Å²) in [5.74, 6) is -0.172. The molecule has 2 aromatic heterocycles. The van der Waals surface area contributed by atoms with E-state index in [0.29, 0.717) is 15.8 Å². The Labute approximate surface area is 167 Å². The van der Waals surface area contributed by atoms with E-state index in [0.717, 1.165) is 34.9 Å². The molecule has 0 aliphatic rings. The summed E-state index contributed by atoms with van der Waals surface area (Å²) in [6.45, 7) is 0. The molecule has 0 spiro atoms. The number of nitro groups is 1. The maximum atomic E-state index is 13.3. The van der Waals surface area contributed by atoms with E-state index < -0.39 is 16.4 Å². The Kier molecular flexibility index (Phi) is 4.85. The molecule has 7 nitrogen and oxygen atoms in total. The number of H-pyrrole nitrogens is 1. The average molecular weight is 406 g/mol. The van der Waals surface area contributed by atoms with Crippen LogP contribution in [0.1, 0.15) is 5.76 Å². The number of nitrogens with zero attached hydrogens (tertiary/aromatic N) is 3. The first-order chi connectivity index (χ1) is 14.0. The summed E-state index contributed by atoms with van der Waals surface area (Å²) >= 11 is 1.14. The summed E-state index contributed by atoms with van der Waals surface area (Å²) in [6.07, 6.45) is 1.51. The number of benzene rings is 2. The van der Waals surface area contributed by atoms with Gasteiger partial charge in [0.2, 0.25) is 0 Å². The Morgan fingerprint density at radius 1 is 1.28 bits per heavy atom. The molecule has 4 rings (SSSR count). The molecule has 0 bridgehead atoms. The van der Waals surface area contributed by atoms with Crippen LogP contribution in [-0.2, 0) is 0 Å². The number of aromatic nitrogens is 2. The number of halogens is 1. The Balaban J connectivity index is 1.62. The molecule has 9 heteroatoms. The van der Waals surface area contributed by atoms with Gasteiger partial charge in [0.15, 0.2) is 5.16 Å². The molecule has 0 saturated carbocycles. The SMILES string of the molecule is N#C/C(=C\c1ccc(-c2ccc(F)cc2[N+](=O)[O-])o1)Sc1nc2ccccc2[nH]1. The van der Waals surface area contributed by atoms with Gasteiger partial charge < -0.3 is 9.40 Å². The molecule has 0 aliphatic heterocycles. The molecule has 29 heavy (non-hydrogen) atoms. The van der Waals surface area contributed by atoms with E-state index in [4.69, 9.17) is 4.42 Å². The number of aromatic amines is 1. The van der Waals surface area contributed by atoms with Crippen molar-refractivity contribution in [2.75, 3.05) is 0 Å². The van der Waals surface area contributed by atoms with Gasteiger partial charge in [0.1, 0.15) is 23.4 Å². The van der Waals surface area contributed by atoms with Gasteiger partial charge in [-0.25, -0.2) is 9.37 Å². The number of imidazole rings is 1. The Morgan fingerprint density at radius 2 is 2.10 bits per heavy atom. The molecule has 0 amide bonds. The molecule has 1 N–H and O–H groups in total. The summed E-state index contributed by atoms with van der Waals surface area (Å²) in [4.78, 5) is 18.4. The minimum absolute atomic E-state index is 0.152. The third-order valence-corrected chi connectivity index (χ3v) is 4.82. The number of nitrogens with one attached hydrogen (secondary N) is 1. The molecule has 0 radical (unpaired) electrons. The van der Waals surface area contributed by atoms with Crippen molar-refractivity contribution in [1.29, 1.82) is 5.26 Å². The highest BCUT2D eigenvalue weighted by molar-refractivity contribution is 8.03. The fourth-order valence-corrected chi connectivity index (χ4v) is 3.47. The molecule has 2 aromatic carbocycles. The standard InChI is InChI=1S/C20H11FN4O3S/c21-12-5-7-15(18(9-12)25(26)27)19-8-6-13(28-19)10-14(11-22)29-20-23-16-3-1-2-4-17(16)24-20/h1-10H,(H,23,24)/b14-10+. The van der Waals surface area contributed by atoms with E-state index in [-0.39, 0.29) is 11.3 Å². The van der Waals surface area contributed by atoms with Gasteiger partial charge in [-0.2, -0.15) is 5.26 Å². The van der Waals surface area contributed by atoms with Crippen LogP contribution >= 0.6 is 11.8 Å². The maximum absolute atomic E-state index is 13.3. The first-order valence-corrected chi connectivity index (χ1v) is 9.13. The minimum atomic E-state index is -0.707. The smallest absolute Gasteiger partial charge is 0.283 e. The lowest BCUT2D eigenvalue weighted by Gasteiger charge is -2.00. The van der Waals surface area contributed by atoms with Crippen molar-refractivity contribution in [3.63, 3.8) is 0 Å². The third kappa shape index (κ3) is 3.88. The number of allylic oxidation sites excluding steroid dienone is 1. The van der Waals surface area contributed by atoms with Crippen molar-refractivity contribution in [3.8, 4) is 17.4 Å². The first-order valence-electron chi connectivity index (χ1n) is 8.32. The molecule has 0 atom stereocenters. The van der Waals surface area contributed by atoms with Crippen LogP contribution in [0.2, 0.25) is 0 Å². The van der Waals surface area contributed by atoms with Gasteiger partial charge in [0.25, 0.3) is 5.69 Å². The monoisotopic (exact) mass is 406 g/mol. The number of para-hydroxylation sites is 2. The third-order valence-electron chi connectivity index (χ3n) is 4.01. The number of nitro benzene ring substituents is 1. The van der Waals surface area contributed by atoms with E-state index in [1.54, 1.807) is 6.07 Å². The summed E-state index contributed by atoms with van der Waals surface area (Å²) in [5.41, 5.74) is 1.40. The zero-order valence-electron chi connectivity index (χ0n) is 14.6. The fraction of sp³-hybridized carbons (Fsp3) is 0. The topological polar surface area (TPSA) is 109 Å². The van der Waals surface area contributed by atoms with Crippen LogP contribution in [0.5, 0.6) is 0 Å². The Bertz CT molecular complexity index is 1270. The van der Waals surface area contributed by atoms with Crippen LogP contribution in [0.25, 0.3) is 28.4 Å². The van der Waals surface area contributed by atoms with E-state index in [2.05, 4.69) is 16.0 Å². The molecule has 0 unspecified atom stereocenters. The lowest BCUT2D eigenvalue weighted by atomic mass is 10.1. The number of rotatable bonds is 5. The Morgan fingerprint density at radius 3 is 2.86 bits per heavy atom. The van der Waals surface area contributed by atoms with Crippen LogP contribution < -0.4 is 0 Å². The van der Waals surface area contributed by atoms with Crippen molar-refractivity contribution in [1.82, 2.24) is 9.97 Å². The van der Waals surface area contributed by atoms with E-state index in [1.807, 2.05) is 24.3 Å². The molecule has 4 aromatic rings. The van der Waals surface area contributed by atoms with Crippen LogP contribution in [-0.4, -0.2) is 14.9 Å². The van der Waals surface area contributed by atoms with Crippen molar-refractivity contribution in [3.05, 3.63) is 81.2 Å². The number of nitriles is 1. The molecule has 142 valence electrons. The van der Waals surface area contributed by atoms with Gasteiger partial charge in [0, 0.05) is 6.08 Å². The number of furan rings is 1. The molecule has 0 saturated heterocycles. The van der Waals surface area contributed by atoms with Crippen LogP contribution in [0.15, 0.2) is 69.1 Å². The average Bonchev–Trinajstić information content (AvgIpc) is 3.33. The molecular weight excluding hydrogens is 395 g/mol. The lowest BCUT2D eigenvalue weighted by molar-refractivity contribution is -0.384. The molecule has 0 fully saturated rings. The van der Waals surface area contributed by atoms with Crippen molar-refractivity contribution >= 4 is 34.6 Å². The second-order valence-electron chi connectivity index (χ2n) is 5.90. The summed E-state index contributed by atoms with van der Waals surface area (Å²) in [7, 11) is 0. The van der Waals surface area contributed by atoms with Crippen molar-refractivity contribution < 1.29 is 13.7 Å². The van der Waals surface area contributed by atoms with Gasteiger partial charge in [-0.15, -0.1) is 0 Å². The van der Waals surface area contributed by atoms with Gasteiger partial charge in [-0.05, 0) is 48.2 Å². The van der Waals surface area contributed by atoms with E-state index in [1.165, 1.54) is 18.2 Å². The van der Waals surface area contributed by atoms with E-state index >= 15 is 0 Å². The highest BCUT2D eigenvalue weighted by Gasteiger charge is 2.19. The van der Waals surface area contributed by atoms with Gasteiger partial charge in [0.05, 0.1) is 32.5 Å². The second-order valence-corrected chi connectivity index (χ2v) is 6.93. The number of hydrogen-bond donors (Lipinski definition) is 1. The fourth-order valence-electron chi connectivity index (χ4n) is 2.74. The van der Waals surface area contributed by atoms with Crippen LogP contribution in [0.3, 0.4) is 0 Å². The maximum Gasteiger partial charge on any atom is 0.283 e. The molecular formula is C20H11FN4O3S. The quantitative estimate of drug-likeness (QED) is 0.202. The van der Waals surface area contributed by atoms with Gasteiger partial charge in [-0.1, -0.05) is 12.1 Å². The predicted octanol–water partition coefficient (Wildman–Crippen LogP) is 5.53.